The van der Waals surface area contributed by atoms with Gasteiger partial charge in [0.25, 0.3) is 0 Å². The van der Waals surface area contributed by atoms with E-state index in [2.05, 4.69) is 35.2 Å². The van der Waals surface area contributed by atoms with Crippen LogP contribution in [0.25, 0.3) is 0 Å². The van der Waals surface area contributed by atoms with E-state index in [9.17, 15) is 5.11 Å². The van der Waals surface area contributed by atoms with Crippen LogP contribution >= 0.6 is 0 Å². The van der Waals surface area contributed by atoms with E-state index in [1.807, 2.05) is 0 Å². The Labute approximate surface area is 96.9 Å². The first kappa shape index (κ1) is 10.3. The van der Waals surface area contributed by atoms with E-state index >= 15 is 0 Å². The fraction of sp³-hybridized carbons (Fsp3) is 0.571. The molecule has 0 aromatic heterocycles. The number of likely N-dealkylation sites (tertiary alicyclic amines) is 1. The molecule has 0 spiro atoms. The molecule has 1 aliphatic heterocycles. The maximum Gasteiger partial charge on any atom is 0.0695 e. The summed E-state index contributed by atoms with van der Waals surface area (Å²) in [5.41, 5.74) is 1.36. The molecule has 2 nitrogen and oxygen atoms in total. The molecule has 2 fully saturated rings. The third-order valence-electron chi connectivity index (χ3n) is 4.08. The topological polar surface area (TPSA) is 23.5 Å². The van der Waals surface area contributed by atoms with Crippen LogP contribution in [0, 0.1) is 5.92 Å². The van der Waals surface area contributed by atoms with E-state index in [4.69, 9.17) is 0 Å². The molecule has 86 valence electrons. The maximum absolute atomic E-state index is 10.0. The van der Waals surface area contributed by atoms with Crippen molar-refractivity contribution in [3.8, 4) is 0 Å². The molecule has 1 heterocycles. The van der Waals surface area contributed by atoms with Crippen LogP contribution in [0.4, 0.5) is 0 Å². The summed E-state index contributed by atoms with van der Waals surface area (Å²) < 4.78 is 0. The molecule has 1 saturated carbocycles. The lowest BCUT2D eigenvalue weighted by Gasteiger charge is -2.29. The number of aliphatic hydroxyl groups excluding tert-OH is 1. The molecule has 0 amide bonds. The van der Waals surface area contributed by atoms with Crippen LogP contribution in [0.2, 0.25) is 0 Å². The largest absolute Gasteiger partial charge is 0.391 e. The highest BCUT2D eigenvalue weighted by atomic mass is 16.3. The van der Waals surface area contributed by atoms with Gasteiger partial charge in [0.05, 0.1) is 6.10 Å². The van der Waals surface area contributed by atoms with Gasteiger partial charge in [-0.25, -0.2) is 0 Å². The van der Waals surface area contributed by atoms with Gasteiger partial charge in [0, 0.05) is 19.1 Å². The Kier molecular flexibility index (Phi) is 2.70. The molecule has 1 saturated heterocycles. The van der Waals surface area contributed by atoms with E-state index in [-0.39, 0.29) is 6.10 Å². The molecule has 1 aromatic rings. The highest BCUT2D eigenvalue weighted by molar-refractivity contribution is 5.15. The first-order valence-corrected chi connectivity index (χ1v) is 6.29. The van der Waals surface area contributed by atoms with Crippen molar-refractivity contribution in [1.29, 1.82) is 0 Å². The average molecular weight is 217 g/mol. The summed E-state index contributed by atoms with van der Waals surface area (Å²) in [4.78, 5) is 2.47. The van der Waals surface area contributed by atoms with Crippen LogP contribution in [-0.4, -0.2) is 28.7 Å². The van der Waals surface area contributed by atoms with Crippen molar-refractivity contribution in [2.75, 3.05) is 6.54 Å². The van der Waals surface area contributed by atoms with Crippen molar-refractivity contribution in [1.82, 2.24) is 4.90 Å². The minimum Gasteiger partial charge on any atom is -0.391 e. The number of nitrogens with zero attached hydrogens (tertiary/aromatic N) is 1. The number of aliphatic hydroxyl groups is 1. The zero-order valence-electron chi connectivity index (χ0n) is 9.55. The summed E-state index contributed by atoms with van der Waals surface area (Å²) in [5, 5.41) is 10.0. The summed E-state index contributed by atoms with van der Waals surface area (Å²) in [6.45, 7) is 2.18. The summed E-state index contributed by atoms with van der Waals surface area (Å²) in [7, 11) is 0. The lowest BCUT2D eigenvalue weighted by atomic mass is 9.88. The van der Waals surface area contributed by atoms with Crippen LogP contribution in [-0.2, 0) is 6.54 Å². The van der Waals surface area contributed by atoms with Crippen molar-refractivity contribution >= 4 is 0 Å². The van der Waals surface area contributed by atoms with Crippen molar-refractivity contribution in [2.24, 2.45) is 5.92 Å². The monoisotopic (exact) mass is 217 g/mol. The quantitative estimate of drug-likeness (QED) is 0.819. The SMILES string of the molecule is OC1CCC2CC1N(Cc1ccccc1)C2. The van der Waals surface area contributed by atoms with E-state index in [1.54, 1.807) is 0 Å². The third-order valence-corrected chi connectivity index (χ3v) is 4.08. The predicted octanol–water partition coefficient (Wildman–Crippen LogP) is 2.03. The Bertz CT molecular complexity index is 351. The summed E-state index contributed by atoms with van der Waals surface area (Å²) in [6.07, 6.45) is 3.32. The molecule has 0 radical (unpaired) electrons. The van der Waals surface area contributed by atoms with Gasteiger partial charge in [-0.3, -0.25) is 4.90 Å². The molecule has 3 rings (SSSR count). The van der Waals surface area contributed by atoms with Gasteiger partial charge in [0.2, 0.25) is 0 Å². The van der Waals surface area contributed by atoms with Gasteiger partial charge in [-0.05, 0) is 30.7 Å². The molecule has 3 atom stereocenters. The molecule has 1 aromatic carbocycles. The lowest BCUT2D eigenvalue weighted by molar-refractivity contribution is 0.0572. The predicted molar refractivity (Wildman–Crippen MR) is 64.0 cm³/mol. The van der Waals surface area contributed by atoms with Gasteiger partial charge >= 0.3 is 0 Å². The lowest BCUT2D eigenvalue weighted by Crippen LogP contribution is -2.38. The number of rotatable bonds is 2. The Hall–Kier alpha value is -0.860. The van der Waals surface area contributed by atoms with E-state index in [1.165, 1.54) is 24.9 Å². The van der Waals surface area contributed by atoms with Gasteiger partial charge in [0.15, 0.2) is 0 Å². The highest BCUT2D eigenvalue weighted by Gasteiger charge is 2.40. The van der Waals surface area contributed by atoms with E-state index in [0.29, 0.717) is 6.04 Å². The Balaban J connectivity index is 1.72. The number of hydrogen-bond acceptors (Lipinski definition) is 2. The smallest absolute Gasteiger partial charge is 0.0695 e. The maximum atomic E-state index is 10.0. The van der Waals surface area contributed by atoms with Crippen LogP contribution < -0.4 is 0 Å². The normalized spacial score (nSPS) is 34.2. The zero-order valence-corrected chi connectivity index (χ0v) is 9.55. The second-order valence-corrected chi connectivity index (χ2v) is 5.23. The van der Waals surface area contributed by atoms with Crippen LogP contribution in [0.15, 0.2) is 30.3 Å². The molecule has 1 aliphatic carbocycles. The highest BCUT2D eigenvalue weighted by Crippen LogP contribution is 2.36. The van der Waals surface area contributed by atoms with Crippen LogP contribution in [0.3, 0.4) is 0 Å². The second kappa shape index (κ2) is 4.19. The molecule has 2 bridgehead atoms. The minimum atomic E-state index is -0.0949. The molecular weight excluding hydrogens is 198 g/mol. The van der Waals surface area contributed by atoms with Crippen molar-refractivity contribution < 1.29 is 5.11 Å². The van der Waals surface area contributed by atoms with Crippen LogP contribution in [0.1, 0.15) is 24.8 Å². The Morgan fingerprint density at radius 3 is 2.81 bits per heavy atom. The van der Waals surface area contributed by atoms with Crippen molar-refractivity contribution in [3.63, 3.8) is 0 Å². The second-order valence-electron chi connectivity index (χ2n) is 5.23. The first-order chi connectivity index (χ1) is 7.83. The number of benzene rings is 1. The van der Waals surface area contributed by atoms with Gasteiger partial charge in [0.1, 0.15) is 0 Å². The summed E-state index contributed by atoms with van der Waals surface area (Å²) >= 11 is 0. The Morgan fingerprint density at radius 2 is 2.00 bits per heavy atom. The third kappa shape index (κ3) is 1.87. The molecule has 16 heavy (non-hydrogen) atoms. The van der Waals surface area contributed by atoms with Gasteiger partial charge in [-0.1, -0.05) is 30.3 Å². The van der Waals surface area contributed by atoms with E-state index < -0.39 is 0 Å². The Morgan fingerprint density at radius 1 is 1.19 bits per heavy atom. The van der Waals surface area contributed by atoms with Crippen LogP contribution in [0.5, 0.6) is 0 Å². The van der Waals surface area contributed by atoms with Gasteiger partial charge in [-0.15, -0.1) is 0 Å². The molecular formula is C14H19NO. The minimum absolute atomic E-state index is 0.0949. The van der Waals surface area contributed by atoms with Gasteiger partial charge < -0.3 is 5.11 Å². The average Bonchev–Trinajstić information content (AvgIpc) is 2.64. The molecule has 3 unspecified atom stereocenters. The van der Waals surface area contributed by atoms with Crippen molar-refractivity contribution in [2.45, 2.75) is 38.0 Å². The fourth-order valence-electron chi connectivity index (χ4n) is 3.24. The summed E-state index contributed by atoms with van der Waals surface area (Å²) in [5.74, 6) is 0.831. The van der Waals surface area contributed by atoms with Gasteiger partial charge in [-0.2, -0.15) is 0 Å². The standard InChI is InChI=1S/C14H19NO/c16-14-7-6-12-8-13(14)15(10-12)9-11-4-2-1-3-5-11/h1-5,12-14,16H,6-10H2. The van der Waals surface area contributed by atoms with E-state index in [0.717, 1.165) is 18.9 Å². The number of fused-ring (bicyclic) bond motifs is 2. The molecule has 2 heteroatoms. The fourth-order valence-corrected chi connectivity index (χ4v) is 3.24. The molecule has 1 N–H and O–H groups in total. The summed E-state index contributed by atoms with van der Waals surface area (Å²) in [6, 6.07) is 11.0. The molecule has 2 aliphatic rings. The first-order valence-electron chi connectivity index (χ1n) is 6.29. The zero-order chi connectivity index (χ0) is 11.0. The van der Waals surface area contributed by atoms with Crippen molar-refractivity contribution in [3.05, 3.63) is 35.9 Å². The number of hydrogen-bond donors (Lipinski definition) is 1.